The zero-order valence-electron chi connectivity index (χ0n) is 12.0. The predicted molar refractivity (Wildman–Crippen MR) is 91.6 cm³/mol. The van der Waals surface area contributed by atoms with Gasteiger partial charge in [-0.1, -0.05) is 48.0 Å². The zero-order valence-corrected chi connectivity index (χ0v) is 12.8. The molecule has 0 fully saturated rings. The molecule has 6 heteroatoms. The van der Waals surface area contributed by atoms with Crippen molar-refractivity contribution >= 4 is 34.4 Å². The van der Waals surface area contributed by atoms with E-state index in [0.717, 1.165) is 5.56 Å². The Bertz CT molecular complexity index is 909. The molecule has 3 aromatic rings. The number of carbonyl (C=O) groups excluding carboxylic acids is 1. The minimum Gasteiger partial charge on any atom is -0.370 e. The summed E-state index contributed by atoms with van der Waals surface area (Å²) in [5.74, 6) is -0.913. The van der Waals surface area contributed by atoms with Crippen LogP contribution < -0.4 is 11.1 Å². The van der Waals surface area contributed by atoms with Crippen molar-refractivity contribution in [3.8, 4) is 11.3 Å². The van der Waals surface area contributed by atoms with Gasteiger partial charge in [-0.2, -0.15) is 0 Å². The Kier molecular flexibility index (Phi) is 3.95. The minimum atomic E-state index is -0.491. The summed E-state index contributed by atoms with van der Waals surface area (Å²) in [5.41, 5.74) is 7.73. The second-order valence-corrected chi connectivity index (χ2v) is 5.33. The van der Waals surface area contributed by atoms with Crippen LogP contribution in [0.15, 0.2) is 54.6 Å². The molecule has 3 rings (SSSR count). The number of amides is 1. The van der Waals surface area contributed by atoms with Gasteiger partial charge in [-0.25, -0.2) is 4.98 Å². The van der Waals surface area contributed by atoms with Crippen LogP contribution in [-0.2, 0) is 0 Å². The van der Waals surface area contributed by atoms with Gasteiger partial charge in [-0.15, -0.1) is 0 Å². The molecule has 0 unspecified atom stereocenters. The molecule has 114 valence electrons. The highest BCUT2D eigenvalue weighted by Crippen LogP contribution is 2.29. The minimum absolute atomic E-state index is 0.328. The van der Waals surface area contributed by atoms with E-state index in [1.807, 2.05) is 30.3 Å². The van der Waals surface area contributed by atoms with Crippen LogP contribution in [0.2, 0.25) is 5.02 Å². The molecule has 0 bridgehead atoms. The fraction of sp³-hybridized carbons (Fsp3) is 0. The topological polar surface area (TPSA) is 91.9 Å². The van der Waals surface area contributed by atoms with Crippen molar-refractivity contribution in [2.45, 2.75) is 0 Å². The molecule has 23 heavy (non-hydrogen) atoms. The van der Waals surface area contributed by atoms with Crippen LogP contribution in [0.3, 0.4) is 0 Å². The van der Waals surface area contributed by atoms with Crippen molar-refractivity contribution in [2.75, 3.05) is 0 Å². The van der Waals surface area contributed by atoms with Crippen LogP contribution in [0, 0.1) is 5.41 Å². The Balaban J connectivity index is 2.26. The maximum absolute atomic E-state index is 12.4. The Labute approximate surface area is 137 Å². The standard InChI is InChI=1S/C17H13ClN4O/c18-12-7-4-8-13-15(12)11(16(23)22-17(19)20)9-14(21-13)10-5-2-1-3-6-10/h1-9H,(H4,19,20,22,23). The maximum Gasteiger partial charge on any atom is 0.258 e. The van der Waals surface area contributed by atoms with E-state index >= 15 is 0 Å². The number of hydrogen-bond acceptors (Lipinski definition) is 3. The Morgan fingerprint density at radius 1 is 1.13 bits per heavy atom. The van der Waals surface area contributed by atoms with E-state index in [0.29, 0.717) is 27.2 Å². The average Bonchev–Trinajstić information content (AvgIpc) is 2.54. The molecule has 0 saturated heterocycles. The van der Waals surface area contributed by atoms with Crippen LogP contribution in [0.5, 0.6) is 0 Å². The SMILES string of the molecule is N=C(N)NC(=O)c1cc(-c2ccccc2)nc2cccc(Cl)c12. The Morgan fingerprint density at radius 3 is 2.57 bits per heavy atom. The number of halogens is 1. The number of carbonyl (C=O) groups is 1. The molecule has 4 N–H and O–H groups in total. The quantitative estimate of drug-likeness (QED) is 0.499. The van der Waals surface area contributed by atoms with Gasteiger partial charge >= 0.3 is 0 Å². The molecule has 0 radical (unpaired) electrons. The second-order valence-electron chi connectivity index (χ2n) is 4.92. The second kappa shape index (κ2) is 6.06. The fourth-order valence-electron chi connectivity index (χ4n) is 2.37. The summed E-state index contributed by atoms with van der Waals surface area (Å²) in [4.78, 5) is 17.0. The van der Waals surface area contributed by atoms with E-state index < -0.39 is 11.9 Å². The number of rotatable bonds is 2. The van der Waals surface area contributed by atoms with Gasteiger partial charge in [-0.3, -0.25) is 15.5 Å². The molecule has 5 nitrogen and oxygen atoms in total. The summed E-state index contributed by atoms with van der Waals surface area (Å²) in [6, 6.07) is 16.4. The van der Waals surface area contributed by atoms with Crippen molar-refractivity contribution in [3.05, 3.63) is 65.2 Å². The molecule has 0 spiro atoms. The summed E-state index contributed by atoms with van der Waals surface area (Å²) in [6.07, 6.45) is 0. The highest BCUT2D eigenvalue weighted by Gasteiger charge is 2.16. The number of aromatic nitrogens is 1. The molecular weight excluding hydrogens is 312 g/mol. The number of hydrogen-bond donors (Lipinski definition) is 3. The molecule has 0 aliphatic rings. The number of guanidine groups is 1. The van der Waals surface area contributed by atoms with E-state index in [1.54, 1.807) is 24.3 Å². The third kappa shape index (κ3) is 3.00. The largest absolute Gasteiger partial charge is 0.370 e. The molecule has 0 saturated carbocycles. The van der Waals surface area contributed by atoms with E-state index in [1.165, 1.54) is 0 Å². The fourth-order valence-corrected chi connectivity index (χ4v) is 2.64. The normalized spacial score (nSPS) is 10.5. The Hall–Kier alpha value is -2.92. The smallest absolute Gasteiger partial charge is 0.258 e. The van der Waals surface area contributed by atoms with Crippen molar-refractivity contribution in [1.29, 1.82) is 5.41 Å². The van der Waals surface area contributed by atoms with E-state index in [-0.39, 0.29) is 0 Å². The number of nitrogens with two attached hydrogens (primary N) is 1. The van der Waals surface area contributed by atoms with Gasteiger partial charge in [0.25, 0.3) is 5.91 Å². The lowest BCUT2D eigenvalue weighted by molar-refractivity contribution is 0.0978. The number of benzene rings is 2. The van der Waals surface area contributed by atoms with Gasteiger partial charge < -0.3 is 5.73 Å². The third-order valence-electron chi connectivity index (χ3n) is 3.35. The molecule has 0 aliphatic carbocycles. The predicted octanol–water partition coefficient (Wildman–Crippen LogP) is 3.18. The summed E-state index contributed by atoms with van der Waals surface area (Å²) < 4.78 is 0. The highest BCUT2D eigenvalue weighted by molar-refractivity contribution is 6.37. The van der Waals surface area contributed by atoms with Crippen molar-refractivity contribution < 1.29 is 4.79 Å². The lowest BCUT2D eigenvalue weighted by atomic mass is 10.0. The zero-order chi connectivity index (χ0) is 16.4. The van der Waals surface area contributed by atoms with Gasteiger partial charge in [0.1, 0.15) is 0 Å². The van der Waals surface area contributed by atoms with Crippen molar-refractivity contribution in [1.82, 2.24) is 10.3 Å². The van der Waals surface area contributed by atoms with Crippen molar-refractivity contribution in [2.24, 2.45) is 5.73 Å². The number of nitrogens with one attached hydrogen (secondary N) is 2. The lowest BCUT2D eigenvalue weighted by Gasteiger charge is -2.11. The molecular formula is C17H13ClN4O. The monoisotopic (exact) mass is 324 g/mol. The molecule has 2 aromatic carbocycles. The van der Waals surface area contributed by atoms with Crippen LogP contribution in [0.4, 0.5) is 0 Å². The lowest BCUT2D eigenvalue weighted by Crippen LogP contribution is -2.35. The third-order valence-corrected chi connectivity index (χ3v) is 3.66. The first kappa shape index (κ1) is 15.0. The first-order valence-corrected chi connectivity index (χ1v) is 7.24. The van der Waals surface area contributed by atoms with Crippen LogP contribution in [0.25, 0.3) is 22.2 Å². The summed E-state index contributed by atoms with van der Waals surface area (Å²) in [7, 11) is 0. The number of nitrogens with zero attached hydrogens (tertiary/aromatic N) is 1. The van der Waals surface area contributed by atoms with E-state index in [9.17, 15) is 4.79 Å². The van der Waals surface area contributed by atoms with Crippen molar-refractivity contribution in [3.63, 3.8) is 0 Å². The van der Waals surface area contributed by atoms with Crippen LogP contribution in [-0.4, -0.2) is 16.9 Å². The van der Waals surface area contributed by atoms with Gasteiger partial charge in [0, 0.05) is 10.9 Å². The Morgan fingerprint density at radius 2 is 1.87 bits per heavy atom. The summed E-state index contributed by atoms with van der Waals surface area (Å²) >= 11 is 6.24. The van der Waals surface area contributed by atoms with Gasteiger partial charge in [0.2, 0.25) is 0 Å². The summed E-state index contributed by atoms with van der Waals surface area (Å²) in [6.45, 7) is 0. The first-order valence-electron chi connectivity index (χ1n) is 6.86. The van der Waals surface area contributed by atoms with Crippen LogP contribution >= 0.6 is 11.6 Å². The van der Waals surface area contributed by atoms with E-state index in [4.69, 9.17) is 22.7 Å². The van der Waals surface area contributed by atoms with E-state index in [2.05, 4.69) is 10.3 Å². The molecule has 1 heterocycles. The van der Waals surface area contributed by atoms with Gasteiger partial charge in [0.05, 0.1) is 21.8 Å². The summed E-state index contributed by atoms with van der Waals surface area (Å²) in [5, 5.41) is 10.5. The average molecular weight is 325 g/mol. The molecule has 0 atom stereocenters. The van der Waals surface area contributed by atoms with Crippen LogP contribution in [0.1, 0.15) is 10.4 Å². The molecule has 1 amide bonds. The van der Waals surface area contributed by atoms with Gasteiger partial charge in [-0.05, 0) is 18.2 Å². The van der Waals surface area contributed by atoms with Gasteiger partial charge in [0.15, 0.2) is 5.96 Å². The first-order chi connectivity index (χ1) is 11.1. The molecule has 1 aromatic heterocycles. The number of pyridine rings is 1. The maximum atomic E-state index is 12.4. The molecule has 0 aliphatic heterocycles. The highest BCUT2D eigenvalue weighted by atomic mass is 35.5. The number of fused-ring (bicyclic) bond motifs is 1.